The first-order valence-corrected chi connectivity index (χ1v) is 11.4. The molecule has 3 fully saturated rings. The fourth-order valence-electron chi connectivity index (χ4n) is 5.10. The van der Waals surface area contributed by atoms with Gasteiger partial charge in [-0.05, 0) is 55.0 Å². The number of rotatable bonds is 5. The molecule has 7 rings (SSSR count). The van der Waals surface area contributed by atoms with E-state index in [-0.39, 0.29) is 18.0 Å². The molecule has 2 atom stereocenters. The van der Waals surface area contributed by atoms with E-state index in [9.17, 15) is 4.79 Å². The van der Waals surface area contributed by atoms with Crippen molar-refractivity contribution >= 4 is 34.8 Å². The predicted molar refractivity (Wildman–Crippen MR) is 122 cm³/mol. The van der Waals surface area contributed by atoms with Crippen molar-refractivity contribution in [2.75, 3.05) is 11.9 Å². The molecule has 168 valence electrons. The van der Waals surface area contributed by atoms with Crippen LogP contribution in [0.25, 0.3) is 16.9 Å². The zero-order valence-electron chi connectivity index (χ0n) is 17.9. The van der Waals surface area contributed by atoms with Crippen LogP contribution >= 0.6 is 11.6 Å². The Morgan fingerprint density at radius 1 is 1.21 bits per heavy atom. The highest BCUT2D eigenvalue weighted by Crippen LogP contribution is 2.47. The second kappa shape index (κ2) is 7.84. The van der Waals surface area contributed by atoms with Gasteiger partial charge in [0.15, 0.2) is 0 Å². The molecule has 2 bridgehead atoms. The standard InChI is InChI=1S/C23H22ClN7O2/c1-13-14-9-16(10-14)30(20(13)12-26-23-29-18-3-2-6-25-21(18)33-23)22(32)17-11-15(24)4-5-19(17)31-27-7-8-28-31/h2-8,11,13-14,16,20H,9-10,12H2,1H3,(H,26,29)/t13-,14?,16?,20-/m0/s1. The summed E-state index contributed by atoms with van der Waals surface area (Å²) in [4.78, 5) is 26.1. The van der Waals surface area contributed by atoms with Crippen LogP contribution in [0.5, 0.6) is 0 Å². The highest BCUT2D eigenvalue weighted by Gasteiger charge is 2.50. The number of fused-ring (bicyclic) bond motifs is 3. The van der Waals surface area contributed by atoms with E-state index in [0.29, 0.717) is 51.9 Å². The number of piperidine rings is 2. The average molecular weight is 464 g/mol. The summed E-state index contributed by atoms with van der Waals surface area (Å²) in [7, 11) is 0. The molecule has 3 aliphatic rings. The summed E-state index contributed by atoms with van der Waals surface area (Å²) in [5.41, 5.74) is 2.29. The van der Waals surface area contributed by atoms with Gasteiger partial charge >= 0.3 is 0 Å². The zero-order valence-corrected chi connectivity index (χ0v) is 18.7. The number of hydrogen-bond acceptors (Lipinski definition) is 7. The third-order valence-corrected chi connectivity index (χ3v) is 7.17. The second-order valence-electron chi connectivity index (χ2n) is 8.73. The molecule has 1 amide bonds. The minimum Gasteiger partial charge on any atom is -0.404 e. The molecule has 1 saturated carbocycles. The first kappa shape index (κ1) is 20.2. The van der Waals surface area contributed by atoms with Crippen LogP contribution in [0.3, 0.4) is 0 Å². The summed E-state index contributed by atoms with van der Waals surface area (Å²) in [6.07, 6.45) is 6.89. The molecule has 33 heavy (non-hydrogen) atoms. The molecule has 2 saturated heterocycles. The predicted octanol–water partition coefficient (Wildman–Crippen LogP) is 3.81. The summed E-state index contributed by atoms with van der Waals surface area (Å²) < 4.78 is 5.72. The van der Waals surface area contributed by atoms with Crippen LogP contribution in [0.4, 0.5) is 6.01 Å². The molecular formula is C23H22ClN7O2. The van der Waals surface area contributed by atoms with Gasteiger partial charge in [0.1, 0.15) is 5.52 Å². The molecule has 0 unspecified atom stereocenters. The number of carbonyl (C=O) groups excluding carboxylic acids is 1. The molecule has 2 aliphatic heterocycles. The quantitative estimate of drug-likeness (QED) is 0.480. The Kier molecular flexibility index (Phi) is 4.79. The lowest BCUT2D eigenvalue weighted by Gasteiger charge is -2.57. The summed E-state index contributed by atoms with van der Waals surface area (Å²) >= 11 is 6.29. The van der Waals surface area contributed by atoms with E-state index in [1.165, 1.54) is 4.80 Å². The smallest absolute Gasteiger partial charge is 0.297 e. The lowest BCUT2D eigenvalue weighted by Crippen LogP contribution is -2.64. The Labute approximate surface area is 194 Å². The van der Waals surface area contributed by atoms with Crippen molar-refractivity contribution in [1.29, 1.82) is 0 Å². The monoisotopic (exact) mass is 463 g/mol. The summed E-state index contributed by atoms with van der Waals surface area (Å²) in [6.45, 7) is 2.75. The maximum Gasteiger partial charge on any atom is 0.297 e. The van der Waals surface area contributed by atoms with Gasteiger partial charge in [0, 0.05) is 23.8 Å². The Bertz CT molecular complexity index is 1280. The van der Waals surface area contributed by atoms with Crippen LogP contribution in [-0.2, 0) is 0 Å². The van der Waals surface area contributed by atoms with Gasteiger partial charge in [-0.2, -0.15) is 20.0 Å². The summed E-state index contributed by atoms with van der Waals surface area (Å²) in [6, 6.07) is 9.50. The van der Waals surface area contributed by atoms with Crippen molar-refractivity contribution in [2.24, 2.45) is 11.8 Å². The summed E-state index contributed by atoms with van der Waals surface area (Å²) in [5, 5.41) is 12.2. The van der Waals surface area contributed by atoms with Crippen LogP contribution in [0.1, 0.15) is 30.1 Å². The lowest BCUT2D eigenvalue weighted by molar-refractivity contribution is -0.0503. The van der Waals surface area contributed by atoms with Crippen molar-refractivity contribution in [3.05, 3.63) is 59.5 Å². The number of anilines is 1. The molecule has 9 nitrogen and oxygen atoms in total. The normalized spacial score (nSPS) is 24.0. The van der Waals surface area contributed by atoms with Gasteiger partial charge in [0.05, 0.1) is 29.7 Å². The van der Waals surface area contributed by atoms with Crippen molar-refractivity contribution in [1.82, 2.24) is 29.9 Å². The van der Waals surface area contributed by atoms with Crippen molar-refractivity contribution in [3.8, 4) is 5.69 Å². The molecule has 1 N–H and O–H groups in total. The van der Waals surface area contributed by atoms with Gasteiger partial charge in [-0.1, -0.05) is 18.5 Å². The zero-order chi connectivity index (χ0) is 22.5. The molecule has 4 aromatic rings. The molecule has 10 heteroatoms. The molecule has 0 spiro atoms. The van der Waals surface area contributed by atoms with E-state index in [1.54, 1.807) is 36.8 Å². The van der Waals surface area contributed by atoms with Gasteiger partial charge in [-0.3, -0.25) is 4.79 Å². The molecule has 1 aromatic carbocycles. The van der Waals surface area contributed by atoms with E-state index in [4.69, 9.17) is 16.0 Å². The number of hydrogen-bond donors (Lipinski definition) is 1. The Balaban J connectivity index is 1.31. The number of carbonyl (C=O) groups is 1. The van der Waals surface area contributed by atoms with Gasteiger partial charge < -0.3 is 14.6 Å². The first-order chi connectivity index (χ1) is 16.1. The number of halogens is 1. The minimum atomic E-state index is -0.0640. The van der Waals surface area contributed by atoms with E-state index < -0.39 is 0 Å². The fraction of sp³-hybridized carbons (Fsp3) is 0.348. The molecule has 3 aromatic heterocycles. The maximum atomic E-state index is 13.9. The van der Waals surface area contributed by atoms with Crippen molar-refractivity contribution in [3.63, 3.8) is 0 Å². The maximum absolute atomic E-state index is 13.9. The van der Waals surface area contributed by atoms with Crippen LogP contribution in [0.15, 0.2) is 53.3 Å². The fourth-order valence-corrected chi connectivity index (χ4v) is 5.27. The van der Waals surface area contributed by atoms with E-state index >= 15 is 0 Å². The van der Waals surface area contributed by atoms with Crippen LogP contribution < -0.4 is 5.32 Å². The largest absolute Gasteiger partial charge is 0.404 e. The molecular weight excluding hydrogens is 442 g/mol. The van der Waals surface area contributed by atoms with Gasteiger partial charge in [-0.25, -0.2) is 4.98 Å². The van der Waals surface area contributed by atoms with Crippen molar-refractivity contribution in [2.45, 2.75) is 31.8 Å². The molecule has 1 aliphatic carbocycles. The third kappa shape index (κ3) is 3.43. The Morgan fingerprint density at radius 2 is 2.03 bits per heavy atom. The average Bonchev–Trinajstić information content (AvgIpc) is 3.46. The molecule has 5 heterocycles. The van der Waals surface area contributed by atoms with Crippen LogP contribution in [-0.4, -0.2) is 54.4 Å². The number of aromatic nitrogens is 5. The SMILES string of the molecule is C[C@H]1C2CC(C2)N(C(=O)c2cc(Cl)ccc2-n2nccn2)[C@H]1CNc1nc2cccnc2o1. The first-order valence-electron chi connectivity index (χ1n) is 11.0. The minimum absolute atomic E-state index is 0.0182. The van der Waals surface area contributed by atoms with Crippen LogP contribution in [0, 0.1) is 11.8 Å². The number of pyridine rings is 1. The number of amides is 1. The topological polar surface area (TPSA) is 102 Å². The van der Waals surface area contributed by atoms with Gasteiger partial charge in [0.25, 0.3) is 11.9 Å². The highest BCUT2D eigenvalue weighted by atomic mass is 35.5. The lowest BCUT2D eigenvalue weighted by atomic mass is 9.64. The highest BCUT2D eigenvalue weighted by molar-refractivity contribution is 6.31. The number of oxazole rings is 1. The van der Waals surface area contributed by atoms with Crippen LogP contribution in [0.2, 0.25) is 5.02 Å². The second-order valence-corrected chi connectivity index (χ2v) is 9.17. The summed E-state index contributed by atoms with van der Waals surface area (Å²) in [5.74, 6) is 0.882. The van der Waals surface area contributed by atoms with Crippen molar-refractivity contribution < 1.29 is 9.21 Å². The number of nitrogens with one attached hydrogen (secondary N) is 1. The Hall–Kier alpha value is -3.46. The Morgan fingerprint density at radius 3 is 2.82 bits per heavy atom. The van der Waals surface area contributed by atoms with E-state index in [0.717, 1.165) is 12.8 Å². The van der Waals surface area contributed by atoms with Gasteiger partial charge in [0.2, 0.25) is 5.71 Å². The van der Waals surface area contributed by atoms with Gasteiger partial charge in [-0.15, -0.1) is 0 Å². The van der Waals surface area contributed by atoms with E-state index in [1.807, 2.05) is 17.0 Å². The van der Waals surface area contributed by atoms with E-state index in [2.05, 4.69) is 32.4 Å². The third-order valence-electron chi connectivity index (χ3n) is 6.94. The number of benzene rings is 1. The number of nitrogens with zero attached hydrogens (tertiary/aromatic N) is 6. The molecule has 0 radical (unpaired) electrons.